The quantitative estimate of drug-likeness (QED) is 0.903. The van der Waals surface area contributed by atoms with Crippen LogP contribution >= 0.6 is 0 Å². The first kappa shape index (κ1) is 14.6. The zero-order valence-electron chi connectivity index (χ0n) is 13.4. The Kier molecular flexibility index (Phi) is 4.03. The second-order valence-electron chi connectivity index (χ2n) is 6.69. The molecule has 0 bridgehead atoms. The van der Waals surface area contributed by atoms with Gasteiger partial charge in [0.25, 0.3) is 0 Å². The van der Waals surface area contributed by atoms with Crippen LogP contribution in [-0.2, 0) is 4.79 Å². The molecule has 1 heterocycles. The van der Waals surface area contributed by atoms with Crippen molar-refractivity contribution in [3.8, 4) is 0 Å². The third-order valence-electron chi connectivity index (χ3n) is 5.01. The molecule has 3 nitrogen and oxygen atoms in total. The molecule has 2 atom stereocenters. The molecule has 1 aliphatic carbocycles. The van der Waals surface area contributed by atoms with Crippen LogP contribution in [0.3, 0.4) is 0 Å². The number of hydrogen-bond donors (Lipinski definition) is 1. The molecule has 2 fully saturated rings. The van der Waals surface area contributed by atoms with Crippen molar-refractivity contribution in [1.29, 1.82) is 0 Å². The van der Waals surface area contributed by atoms with E-state index < -0.39 is 0 Å². The maximum atomic E-state index is 12.6. The number of nitrogens with one attached hydrogen (secondary N) is 1. The summed E-state index contributed by atoms with van der Waals surface area (Å²) in [6.45, 7) is 6.25. The number of rotatable bonds is 2. The molecule has 0 aromatic heterocycles. The average Bonchev–Trinajstić information content (AvgIpc) is 2.78. The molecule has 3 heteroatoms. The van der Waals surface area contributed by atoms with Gasteiger partial charge in [0.1, 0.15) is 6.17 Å². The standard InChI is InChI=1S/C18H26N2O/c1-12-9-10-13(2)16(11-12)17-19-14(3)18(21)20(17)15-7-5-4-6-8-15/h9-11,14-15,17,19H,4-8H2,1-3H3. The van der Waals surface area contributed by atoms with Crippen molar-refractivity contribution in [1.82, 2.24) is 10.2 Å². The number of nitrogens with zero attached hydrogens (tertiary/aromatic N) is 1. The predicted molar refractivity (Wildman–Crippen MR) is 85.0 cm³/mol. The Morgan fingerprint density at radius 3 is 2.57 bits per heavy atom. The van der Waals surface area contributed by atoms with E-state index in [2.05, 4.69) is 42.3 Å². The summed E-state index contributed by atoms with van der Waals surface area (Å²) in [7, 11) is 0. The molecule has 1 N–H and O–H groups in total. The molecule has 1 saturated carbocycles. The lowest BCUT2D eigenvalue weighted by Crippen LogP contribution is -2.41. The van der Waals surface area contributed by atoms with Crippen molar-refractivity contribution >= 4 is 5.91 Å². The molecule has 1 saturated heterocycles. The van der Waals surface area contributed by atoms with Gasteiger partial charge in [-0.05, 0) is 44.7 Å². The van der Waals surface area contributed by atoms with Crippen LogP contribution in [0, 0.1) is 13.8 Å². The summed E-state index contributed by atoms with van der Waals surface area (Å²) in [5.74, 6) is 0.271. The van der Waals surface area contributed by atoms with Gasteiger partial charge in [0.05, 0.1) is 6.04 Å². The van der Waals surface area contributed by atoms with E-state index in [4.69, 9.17) is 0 Å². The summed E-state index contributed by atoms with van der Waals surface area (Å²) in [6, 6.07) is 6.88. The van der Waals surface area contributed by atoms with Gasteiger partial charge < -0.3 is 4.90 Å². The van der Waals surface area contributed by atoms with Crippen LogP contribution in [0.25, 0.3) is 0 Å². The SMILES string of the molecule is Cc1ccc(C)c(C2NC(C)C(=O)N2C2CCCCC2)c1. The van der Waals surface area contributed by atoms with Gasteiger partial charge in [-0.25, -0.2) is 0 Å². The first-order valence-electron chi connectivity index (χ1n) is 8.23. The molecule has 1 aromatic carbocycles. The summed E-state index contributed by atoms with van der Waals surface area (Å²) < 4.78 is 0. The average molecular weight is 286 g/mol. The zero-order valence-corrected chi connectivity index (χ0v) is 13.4. The molecular weight excluding hydrogens is 260 g/mol. The lowest BCUT2D eigenvalue weighted by Gasteiger charge is -2.36. The van der Waals surface area contributed by atoms with Crippen LogP contribution in [0.1, 0.15) is 61.9 Å². The van der Waals surface area contributed by atoms with Crippen molar-refractivity contribution in [3.63, 3.8) is 0 Å². The molecule has 1 amide bonds. The lowest BCUT2D eigenvalue weighted by molar-refractivity contribution is -0.132. The molecule has 21 heavy (non-hydrogen) atoms. The summed E-state index contributed by atoms with van der Waals surface area (Å²) in [5, 5.41) is 3.51. The van der Waals surface area contributed by atoms with Crippen molar-refractivity contribution in [3.05, 3.63) is 34.9 Å². The summed E-state index contributed by atoms with van der Waals surface area (Å²) in [5.41, 5.74) is 3.78. The third kappa shape index (κ3) is 2.71. The highest BCUT2D eigenvalue weighted by Gasteiger charge is 2.41. The molecule has 1 aromatic rings. The summed E-state index contributed by atoms with van der Waals surface area (Å²) in [4.78, 5) is 14.8. The Labute approximate surface area is 127 Å². The number of hydrogen-bond acceptors (Lipinski definition) is 2. The van der Waals surface area contributed by atoms with E-state index >= 15 is 0 Å². The van der Waals surface area contributed by atoms with Crippen molar-refractivity contribution in [2.45, 2.75) is 71.1 Å². The highest BCUT2D eigenvalue weighted by molar-refractivity contribution is 5.84. The second-order valence-corrected chi connectivity index (χ2v) is 6.69. The van der Waals surface area contributed by atoms with Crippen molar-refractivity contribution in [2.24, 2.45) is 0 Å². The molecule has 0 spiro atoms. The van der Waals surface area contributed by atoms with E-state index in [0.717, 1.165) is 12.8 Å². The number of carbonyl (C=O) groups is 1. The molecule has 114 valence electrons. The monoisotopic (exact) mass is 286 g/mol. The van der Waals surface area contributed by atoms with Crippen LogP contribution in [-0.4, -0.2) is 22.9 Å². The fourth-order valence-electron chi connectivity index (χ4n) is 3.78. The Morgan fingerprint density at radius 2 is 1.86 bits per heavy atom. The third-order valence-corrected chi connectivity index (χ3v) is 5.01. The Morgan fingerprint density at radius 1 is 1.14 bits per heavy atom. The molecule has 2 unspecified atom stereocenters. The smallest absolute Gasteiger partial charge is 0.241 e. The Hall–Kier alpha value is -1.35. The molecular formula is C18H26N2O. The first-order chi connectivity index (χ1) is 10.1. The maximum absolute atomic E-state index is 12.6. The van der Waals surface area contributed by atoms with Gasteiger partial charge in [-0.1, -0.05) is 43.0 Å². The van der Waals surface area contributed by atoms with Gasteiger partial charge in [-0.3, -0.25) is 10.1 Å². The number of aryl methyl sites for hydroxylation is 2. The minimum atomic E-state index is -0.0724. The van der Waals surface area contributed by atoms with E-state index in [1.54, 1.807) is 0 Å². The van der Waals surface area contributed by atoms with E-state index in [0.29, 0.717) is 6.04 Å². The lowest BCUT2D eigenvalue weighted by atomic mass is 9.93. The second kappa shape index (κ2) is 5.80. The summed E-state index contributed by atoms with van der Waals surface area (Å²) in [6.07, 6.45) is 6.18. The van der Waals surface area contributed by atoms with Gasteiger partial charge in [-0.2, -0.15) is 0 Å². The van der Waals surface area contributed by atoms with Crippen molar-refractivity contribution in [2.75, 3.05) is 0 Å². The number of amides is 1. The zero-order chi connectivity index (χ0) is 15.0. The van der Waals surface area contributed by atoms with Crippen LogP contribution in [0.15, 0.2) is 18.2 Å². The van der Waals surface area contributed by atoms with Gasteiger partial charge in [0.2, 0.25) is 5.91 Å². The molecule has 0 radical (unpaired) electrons. The van der Waals surface area contributed by atoms with Gasteiger partial charge >= 0.3 is 0 Å². The van der Waals surface area contributed by atoms with E-state index in [1.807, 2.05) is 6.92 Å². The number of benzene rings is 1. The summed E-state index contributed by atoms with van der Waals surface area (Å²) >= 11 is 0. The topological polar surface area (TPSA) is 32.3 Å². The Bertz CT molecular complexity index is 534. The van der Waals surface area contributed by atoms with E-state index in [9.17, 15) is 4.79 Å². The first-order valence-corrected chi connectivity index (χ1v) is 8.23. The molecule has 2 aliphatic rings. The van der Waals surface area contributed by atoms with Gasteiger partial charge in [-0.15, -0.1) is 0 Å². The van der Waals surface area contributed by atoms with Crippen LogP contribution < -0.4 is 5.32 Å². The van der Waals surface area contributed by atoms with Gasteiger partial charge in [0.15, 0.2) is 0 Å². The Balaban J connectivity index is 1.94. The normalized spacial score (nSPS) is 27.4. The van der Waals surface area contributed by atoms with Crippen LogP contribution in [0.2, 0.25) is 0 Å². The highest BCUT2D eigenvalue weighted by Crippen LogP contribution is 2.34. The highest BCUT2D eigenvalue weighted by atomic mass is 16.2. The molecule has 1 aliphatic heterocycles. The number of carbonyl (C=O) groups excluding carboxylic acids is 1. The molecule has 3 rings (SSSR count). The predicted octanol–water partition coefficient (Wildman–Crippen LogP) is 3.46. The minimum Gasteiger partial charge on any atom is -0.319 e. The fraction of sp³-hybridized carbons (Fsp3) is 0.611. The minimum absolute atomic E-state index is 0.0514. The van der Waals surface area contributed by atoms with E-state index in [-0.39, 0.29) is 18.1 Å². The van der Waals surface area contributed by atoms with Crippen LogP contribution in [0.5, 0.6) is 0 Å². The van der Waals surface area contributed by atoms with Crippen LogP contribution in [0.4, 0.5) is 0 Å². The largest absolute Gasteiger partial charge is 0.319 e. The maximum Gasteiger partial charge on any atom is 0.241 e. The van der Waals surface area contributed by atoms with Crippen molar-refractivity contribution < 1.29 is 4.79 Å². The van der Waals surface area contributed by atoms with Gasteiger partial charge in [0, 0.05) is 6.04 Å². The van der Waals surface area contributed by atoms with E-state index in [1.165, 1.54) is 36.0 Å². The fourth-order valence-corrected chi connectivity index (χ4v) is 3.78.